The lowest BCUT2D eigenvalue weighted by molar-refractivity contribution is -0.124. The van der Waals surface area contributed by atoms with E-state index in [0.29, 0.717) is 17.9 Å². The molecule has 0 unspecified atom stereocenters. The van der Waals surface area contributed by atoms with Gasteiger partial charge in [-0.25, -0.2) is 4.39 Å². The maximum Gasteiger partial charge on any atom is 0.253 e. The highest BCUT2D eigenvalue weighted by Gasteiger charge is 2.23. The summed E-state index contributed by atoms with van der Waals surface area (Å²) >= 11 is 0. The van der Waals surface area contributed by atoms with E-state index >= 15 is 0 Å². The normalized spacial score (nSPS) is 19.8. The van der Waals surface area contributed by atoms with Crippen molar-refractivity contribution >= 4 is 11.6 Å². The Bertz CT molecular complexity index is 400. The highest BCUT2D eigenvalue weighted by Crippen LogP contribution is 2.18. The number of aryl methyl sites for hydroxylation is 1. The van der Waals surface area contributed by atoms with E-state index in [9.17, 15) is 9.18 Å². The van der Waals surface area contributed by atoms with Crippen molar-refractivity contribution in [3.63, 3.8) is 0 Å². The Balaban J connectivity index is 2.05. The van der Waals surface area contributed by atoms with Gasteiger partial charge in [0, 0.05) is 12.3 Å². The lowest BCUT2D eigenvalue weighted by atomic mass is 10.1. The van der Waals surface area contributed by atoms with Crippen molar-refractivity contribution in [1.82, 2.24) is 0 Å². The van der Waals surface area contributed by atoms with E-state index in [-0.39, 0.29) is 17.8 Å². The summed E-state index contributed by atoms with van der Waals surface area (Å²) < 4.78 is 18.1. The van der Waals surface area contributed by atoms with Crippen LogP contribution in [0.5, 0.6) is 0 Å². The predicted octanol–water partition coefficient (Wildman–Crippen LogP) is 2.25. The minimum atomic E-state index is -0.357. The Kier molecular flexibility index (Phi) is 3.19. The monoisotopic (exact) mass is 223 g/mol. The number of benzene rings is 1. The van der Waals surface area contributed by atoms with Crippen LogP contribution in [0, 0.1) is 12.7 Å². The number of hydrogen-bond acceptors (Lipinski definition) is 2. The lowest BCUT2D eigenvalue weighted by Crippen LogP contribution is -2.27. The first kappa shape index (κ1) is 11.1. The van der Waals surface area contributed by atoms with Crippen molar-refractivity contribution < 1.29 is 13.9 Å². The van der Waals surface area contributed by atoms with Crippen LogP contribution < -0.4 is 5.32 Å². The summed E-state index contributed by atoms with van der Waals surface area (Å²) in [5.74, 6) is -0.445. The van der Waals surface area contributed by atoms with Gasteiger partial charge >= 0.3 is 0 Å². The van der Waals surface area contributed by atoms with E-state index in [0.717, 1.165) is 12.8 Å². The molecule has 1 aromatic rings. The first-order valence-electron chi connectivity index (χ1n) is 5.35. The first-order valence-corrected chi connectivity index (χ1v) is 5.35. The summed E-state index contributed by atoms with van der Waals surface area (Å²) in [4.78, 5) is 11.7. The van der Waals surface area contributed by atoms with Crippen LogP contribution in [0.1, 0.15) is 18.4 Å². The molecule has 1 atom stereocenters. The highest BCUT2D eigenvalue weighted by molar-refractivity contribution is 5.94. The van der Waals surface area contributed by atoms with E-state index in [1.807, 2.05) is 0 Å². The average molecular weight is 223 g/mol. The lowest BCUT2D eigenvalue weighted by Gasteiger charge is -2.12. The molecule has 0 aliphatic carbocycles. The molecule has 4 heteroatoms. The molecule has 0 saturated carbocycles. The summed E-state index contributed by atoms with van der Waals surface area (Å²) in [6.07, 6.45) is 1.32. The minimum Gasteiger partial charge on any atom is -0.368 e. The van der Waals surface area contributed by atoms with Crippen molar-refractivity contribution in [1.29, 1.82) is 0 Å². The second kappa shape index (κ2) is 4.61. The van der Waals surface area contributed by atoms with Gasteiger partial charge < -0.3 is 10.1 Å². The van der Waals surface area contributed by atoms with Gasteiger partial charge in [-0.15, -0.1) is 0 Å². The van der Waals surface area contributed by atoms with Gasteiger partial charge in [-0.3, -0.25) is 4.79 Å². The molecular formula is C12H14FNO2. The molecule has 0 spiro atoms. The van der Waals surface area contributed by atoms with Gasteiger partial charge in [-0.1, -0.05) is 0 Å². The fourth-order valence-corrected chi connectivity index (χ4v) is 1.76. The van der Waals surface area contributed by atoms with Crippen molar-refractivity contribution in [2.45, 2.75) is 25.9 Å². The largest absolute Gasteiger partial charge is 0.368 e. The second-order valence-electron chi connectivity index (χ2n) is 3.95. The second-order valence-corrected chi connectivity index (χ2v) is 3.95. The number of anilines is 1. The molecule has 0 radical (unpaired) electrons. The molecule has 3 nitrogen and oxygen atoms in total. The summed E-state index contributed by atoms with van der Waals surface area (Å²) in [5, 5.41) is 2.75. The maximum absolute atomic E-state index is 12.8. The van der Waals surface area contributed by atoms with E-state index in [4.69, 9.17) is 4.74 Å². The molecular weight excluding hydrogens is 209 g/mol. The summed E-state index contributed by atoms with van der Waals surface area (Å²) in [6.45, 7) is 2.40. The van der Waals surface area contributed by atoms with Crippen LogP contribution >= 0.6 is 0 Å². The van der Waals surface area contributed by atoms with Crippen LogP contribution in [-0.4, -0.2) is 18.6 Å². The van der Waals surface area contributed by atoms with Gasteiger partial charge in [-0.2, -0.15) is 0 Å². The van der Waals surface area contributed by atoms with Crippen molar-refractivity contribution in [3.05, 3.63) is 29.6 Å². The smallest absolute Gasteiger partial charge is 0.253 e. The molecule has 1 aliphatic rings. The fraction of sp³-hybridized carbons (Fsp3) is 0.417. The molecule has 86 valence electrons. The van der Waals surface area contributed by atoms with Crippen LogP contribution in [0.3, 0.4) is 0 Å². The molecule has 1 aromatic carbocycles. The molecule has 0 bridgehead atoms. The minimum absolute atomic E-state index is 0.146. The van der Waals surface area contributed by atoms with Crippen molar-refractivity contribution in [3.8, 4) is 0 Å². The zero-order chi connectivity index (χ0) is 11.5. The number of nitrogens with one attached hydrogen (secondary N) is 1. The third-order valence-electron chi connectivity index (χ3n) is 2.67. The Morgan fingerprint density at radius 3 is 3.00 bits per heavy atom. The standard InChI is InChI=1S/C12H14FNO2/c1-8-7-9(13)4-5-10(8)14-12(15)11-3-2-6-16-11/h4-5,7,11H,2-3,6H2,1H3,(H,14,15)/t11-/m0/s1. The Morgan fingerprint density at radius 1 is 1.56 bits per heavy atom. The number of rotatable bonds is 2. The summed E-state index contributed by atoms with van der Waals surface area (Å²) in [7, 11) is 0. The van der Waals surface area contributed by atoms with Crippen molar-refractivity contribution in [2.75, 3.05) is 11.9 Å². The molecule has 1 fully saturated rings. The van der Waals surface area contributed by atoms with Crippen LogP contribution in [0.2, 0.25) is 0 Å². The number of halogens is 1. The van der Waals surface area contributed by atoms with Gasteiger partial charge in [0.2, 0.25) is 0 Å². The third-order valence-corrected chi connectivity index (χ3v) is 2.67. The molecule has 1 aliphatic heterocycles. The number of amides is 1. The van der Waals surface area contributed by atoms with E-state index < -0.39 is 0 Å². The van der Waals surface area contributed by atoms with Crippen LogP contribution in [0.15, 0.2) is 18.2 Å². The third kappa shape index (κ3) is 2.39. The Hall–Kier alpha value is -1.42. The Labute approximate surface area is 93.6 Å². The van der Waals surface area contributed by atoms with E-state index in [1.165, 1.54) is 12.1 Å². The maximum atomic E-state index is 12.8. The van der Waals surface area contributed by atoms with Crippen LogP contribution in [0.4, 0.5) is 10.1 Å². The summed E-state index contributed by atoms with van der Waals surface area (Å²) in [5.41, 5.74) is 1.35. The van der Waals surface area contributed by atoms with Crippen LogP contribution in [0.25, 0.3) is 0 Å². The van der Waals surface area contributed by atoms with Gasteiger partial charge in [0.25, 0.3) is 5.91 Å². The van der Waals surface area contributed by atoms with Crippen LogP contribution in [-0.2, 0) is 9.53 Å². The average Bonchev–Trinajstić information content (AvgIpc) is 2.75. The van der Waals surface area contributed by atoms with Gasteiger partial charge in [0.15, 0.2) is 0 Å². The number of hydrogen-bond donors (Lipinski definition) is 1. The fourth-order valence-electron chi connectivity index (χ4n) is 1.76. The quantitative estimate of drug-likeness (QED) is 0.835. The molecule has 2 rings (SSSR count). The molecule has 0 aromatic heterocycles. The number of carbonyl (C=O) groups is 1. The molecule has 1 amide bonds. The van der Waals surface area contributed by atoms with Gasteiger partial charge in [-0.05, 0) is 43.5 Å². The molecule has 1 saturated heterocycles. The SMILES string of the molecule is Cc1cc(F)ccc1NC(=O)[C@@H]1CCCO1. The van der Waals surface area contributed by atoms with Gasteiger partial charge in [0.1, 0.15) is 11.9 Å². The topological polar surface area (TPSA) is 38.3 Å². The molecule has 1 heterocycles. The highest BCUT2D eigenvalue weighted by atomic mass is 19.1. The van der Waals surface area contributed by atoms with Gasteiger partial charge in [0.05, 0.1) is 0 Å². The molecule has 16 heavy (non-hydrogen) atoms. The molecule has 1 N–H and O–H groups in total. The first-order chi connectivity index (χ1) is 7.66. The van der Waals surface area contributed by atoms with Crippen molar-refractivity contribution in [2.24, 2.45) is 0 Å². The van der Waals surface area contributed by atoms with E-state index in [1.54, 1.807) is 13.0 Å². The Morgan fingerprint density at radius 2 is 2.38 bits per heavy atom. The zero-order valence-electron chi connectivity index (χ0n) is 9.13. The summed E-state index contributed by atoms with van der Waals surface area (Å²) in [6, 6.07) is 4.29. The van der Waals surface area contributed by atoms with E-state index in [2.05, 4.69) is 5.32 Å². The number of carbonyl (C=O) groups excluding carboxylic acids is 1. The number of ether oxygens (including phenoxy) is 1. The predicted molar refractivity (Wildman–Crippen MR) is 58.7 cm³/mol. The zero-order valence-corrected chi connectivity index (χ0v) is 9.13.